The first-order valence-corrected chi connectivity index (χ1v) is 4.48. The van der Waals surface area contributed by atoms with E-state index in [2.05, 4.69) is 31.0 Å². The van der Waals surface area contributed by atoms with E-state index in [1.54, 1.807) is 5.16 Å². The van der Waals surface area contributed by atoms with Gasteiger partial charge in [-0.1, -0.05) is 13.8 Å². The van der Waals surface area contributed by atoms with Crippen LogP contribution in [0.5, 0.6) is 0 Å². The van der Waals surface area contributed by atoms with E-state index in [4.69, 9.17) is 5.41 Å². The molecule has 1 aliphatic rings. The van der Waals surface area contributed by atoms with E-state index in [1.807, 2.05) is 0 Å². The minimum atomic E-state index is 0.963. The molecule has 0 amide bonds. The van der Waals surface area contributed by atoms with Crippen LogP contribution in [0.2, 0.25) is 0 Å². The van der Waals surface area contributed by atoms with Crippen molar-refractivity contribution in [2.75, 3.05) is 13.1 Å². The lowest BCUT2D eigenvalue weighted by molar-refractivity contribution is 0.293. The zero-order chi connectivity index (χ0) is 8.69. The molecule has 0 aromatic rings. The van der Waals surface area contributed by atoms with E-state index in [0.717, 1.165) is 6.04 Å². The van der Waals surface area contributed by atoms with Crippen molar-refractivity contribution in [1.29, 1.82) is 5.41 Å². The van der Waals surface area contributed by atoms with Gasteiger partial charge in [-0.05, 0) is 38.1 Å². The Morgan fingerprint density at radius 2 is 1.82 bits per heavy atom. The van der Waals surface area contributed by atoms with Gasteiger partial charge in [0.05, 0.1) is 5.16 Å². The fraction of sp³-hybridized carbons (Fsp3) is 0.875. The highest BCUT2D eigenvalue weighted by atomic mass is 32.1. The van der Waals surface area contributed by atoms with Gasteiger partial charge in [0.2, 0.25) is 0 Å². The highest BCUT2D eigenvalue weighted by molar-refractivity contribution is 7.78. The molecule has 0 aromatic carbocycles. The SMILES string of the molecule is CCN(CC)C1CC1.N=C=S. The van der Waals surface area contributed by atoms with Crippen molar-refractivity contribution in [3.63, 3.8) is 0 Å². The molecule has 0 aromatic heterocycles. The van der Waals surface area contributed by atoms with Gasteiger partial charge >= 0.3 is 0 Å². The van der Waals surface area contributed by atoms with E-state index in [-0.39, 0.29) is 0 Å². The van der Waals surface area contributed by atoms with Crippen molar-refractivity contribution in [2.24, 2.45) is 0 Å². The molecule has 0 radical (unpaired) electrons. The third kappa shape index (κ3) is 5.08. The molecule has 0 aliphatic heterocycles. The Morgan fingerprint density at radius 1 is 1.45 bits per heavy atom. The molecule has 1 rings (SSSR count). The van der Waals surface area contributed by atoms with Crippen LogP contribution in [0, 0.1) is 5.41 Å². The summed E-state index contributed by atoms with van der Waals surface area (Å²) in [5, 5.41) is 7.36. The minimum Gasteiger partial charge on any atom is -0.301 e. The monoisotopic (exact) mass is 172 g/mol. The molecule has 0 unspecified atom stereocenters. The van der Waals surface area contributed by atoms with E-state index in [9.17, 15) is 0 Å². The number of thiocarbonyl (C=S) groups is 1. The van der Waals surface area contributed by atoms with Crippen molar-refractivity contribution >= 4 is 17.4 Å². The summed E-state index contributed by atoms with van der Waals surface area (Å²) in [4.78, 5) is 2.53. The summed E-state index contributed by atoms with van der Waals surface area (Å²) >= 11 is 3.81. The Bertz CT molecular complexity index is 122. The van der Waals surface area contributed by atoms with Gasteiger partial charge in [-0.2, -0.15) is 0 Å². The molecule has 1 fully saturated rings. The summed E-state index contributed by atoms with van der Waals surface area (Å²) < 4.78 is 0. The van der Waals surface area contributed by atoms with Gasteiger partial charge in [-0.15, -0.1) is 0 Å². The Labute approximate surface area is 74.1 Å². The first-order valence-electron chi connectivity index (χ1n) is 4.08. The van der Waals surface area contributed by atoms with Crippen LogP contribution in [0.4, 0.5) is 0 Å². The summed E-state index contributed by atoms with van der Waals surface area (Å²) in [6.45, 7) is 6.95. The minimum absolute atomic E-state index is 0.963. The molecule has 11 heavy (non-hydrogen) atoms. The van der Waals surface area contributed by atoms with Crippen LogP contribution >= 0.6 is 12.2 Å². The van der Waals surface area contributed by atoms with Crippen LogP contribution in [0.25, 0.3) is 0 Å². The number of hydrogen-bond acceptors (Lipinski definition) is 3. The van der Waals surface area contributed by atoms with Crippen molar-refractivity contribution in [3.8, 4) is 0 Å². The van der Waals surface area contributed by atoms with E-state index in [0.29, 0.717) is 0 Å². The fourth-order valence-electron chi connectivity index (χ4n) is 1.18. The Kier molecular flexibility index (Phi) is 6.33. The van der Waals surface area contributed by atoms with E-state index in [1.165, 1.54) is 25.9 Å². The van der Waals surface area contributed by atoms with Gasteiger partial charge < -0.3 is 4.90 Å². The summed E-state index contributed by atoms with van der Waals surface area (Å²) in [7, 11) is 0. The highest BCUT2D eigenvalue weighted by Gasteiger charge is 2.25. The zero-order valence-corrected chi connectivity index (χ0v) is 8.08. The van der Waals surface area contributed by atoms with Crippen LogP contribution in [-0.4, -0.2) is 29.2 Å². The first kappa shape index (κ1) is 10.8. The van der Waals surface area contributed by atoms with Gasteiger partial charge in [0.15, 0.2) is 0 Å². The van der Waals surface area contributed by atoms with Crippen LogP contribution in [-0.2, 0) is 0 Å². The topological polar surface area (TPSA) is 27.1 Å². The van der Waals surface area contributed by atoms with E-state index >= 15 is 0 Å². The maximum atomic E-state index is 5.77. The van der Waals surface area contributed by atoms with Crippen molar-refractivity contribution in [2.45, 2.75) is 32.7 Å². The summed E-state index contributed by atoms with van der Waals surface area (Å²) in [5.41, 5.74) is 0. The number of nitrogens with one attached hydrogen (secondary N) is 1. The molecule has 1 aliphatic carbocycles. The van der Waals surface area contributed by atoms with Crippen LogP contribution < -0.4 is 0 Å². The third-order valence-electron chi connectivity index (χ3n) is 1.88. The molecular formula is C8H16N2S. The van der Waals surface area contributed by atoms with Gasteiger partial charge in [0.25, 0.3) is 0 Å². The fourth-order valence-corrected chi connectivity index (χ4v) is 1.18. The molecule has 0 spiro atoms. The highest BCUT2D eigenvalue weighted by Crippen LogP contribution is 2.25. The number of isothiocyanates is 1. The Hall–Kier alpha value is -0.240. The van der Waals surface area contributed by atoms with Gasteiger partial charge in [-0.3, -0.25) is 0 Å². The lowest BCUT2D eigenvalue weighted by Crippen LogP contribution is -2.24. The van der Waals surface area contributed by atoms with Crippen LogP contribution in [0.1, 0.15) is 26.7 Å². The summed E-state index contributed by atoms with van der Waals surface area (Å²) in [5.74, 6) is 0. The summed E-state index contributed by atoms with van der Waals surface area (Å²) in [6, 6.07) is 0.963. The molecule has 0 heterocycles. The number of nitrogens with zero attached hydrogens (tertiary/aromatic N) is 1. The lowest BCUT2D eigenvalue weighted by atomic mass is 10.5. The van der Waals surface area contributed by atoms with Crippen LogP contribution in [0.15, 0.2) is 0 Å². The molecule has 3 heteroatoms. The predicted molar refractivity (Wildman–Crippen MR) is 51.3 cm³/mol. The maximum absolute atomic E-state index is 5.77. The molecular weight excluding hydrogens is 156 g/mol. The second-order valence-corrected chi connectivity index (χ2v) is 2.76. The lowest BCUT2D eigenvalue weighted by Gasteiger charge is -2.15. The molecule has 1 N–H and O–H groups in total. The third-order valence-corrected chi connectivity index (χ3v) is 1.88. The van der Waals surface area contributed by atoms with Gasteiger partial charge in [0, 0.05) is 6.04 Å². The van der Waals surface area contributed by atoms with Crippen molar-refractivity contribution in [1.82, 2.24) is 4.90 Å². The maximum Gasteiger partial charge on any atom is 0.0554 e. The zero-order valence-electron chi connectivity index (χ0n) is 7.26. The predicted octanol–water partition coefficient (Wildman–Crippen LogP) is 2.16. The van der Waals surface area contributed by atoms with Gasteiger partial charge in [-0.25, -0.2) is 5.41 Å². The molecule has 0 atom stereocenters. The Morgan fingerprint density at radius 3 is 1.91 bits per heavy atom. The van der Waals surface area contributed by atoms with Crippen molar-refractivity contribution < 1.29 is 0 Å². The average Bonchev–Trinajstić information content (AvgIpc) is 2.76. The van der Waals surface area contributed by atoms with E-state index < -0.39 is 0 Å². The smallest absolute Gasteiger partial charge is 0.0554 e. The molecule has 64 valence electrons. The molecule has 1 saturated carbocycles. The first-order chi connectivity index (χ1) is 5.29. The second-order valence-electron chi connectivity index (χ2n) is 2.55. The number of rotatable bonds is 3. The molecule has 0 bridgehead atoms. The molecule has 0 saturated heterocycles. The largest absolute Gasteiger partial charge is 0.301 e. The van der Waals surface area contributed by atoms with Gasteiger partial charge in [0.1, 0.15) is 0 Å². The van der Waals surface area contributed by atoms with Crippen molar-refractivity contribution in [3.05, 3.63) is 0 Å². The normalized spacial score (nSPS) is 15.2. The second kappa shape index (κ2) is 6.47. The Balaban J connectivity index is 0.000000292. The number of hydrogen-bond donors (Lipinski definition) is 1. The summed E-state index contributed by atoms with van der Waals surface area (Å²) in [6.07, 6.45) is 2.89. The quantitative estimate of drug-likeness (QED) is 0.521. The van der Waals surface area contributed by atoms with Crippen LogP contribution in [0.3, 0.4) is 0 Å². The standard InChI is InChI=1S/C7H15N.CHNS/c1-3-8(4-2)7-5-6-7;2-1-3/h7H,3-6H2,1-2H3;2H. The average molecular weight is 172 g/mol. The molecule has 2 nitrogen and oxygen atoms in total.